The molecule has 1 aromatic rings. The highest BCUT2D eigenvalue weighted by molar-refractivity contribution is 6.33. The van der Waals surface area contributed by atoms with E-state index in [9.17, 15) is 9.59 Å². The summed E-state index contributed by atoms with van der Waals surface area (Å²) in [6, 6.07) is 4.94. The van der Waals surface area contributed by atoms with Crippen LogP contribution in [0.5, 0.6) is 5.75 Å². The van der Waals surface area contributed by atoms with Crippen LogP contribution in [0.25, 0.3) is 0 Å². The largest absolute Gasteiger partial charge is 0.497 e. The van der Waals surface area contributed by atoms with Gasteiger partial charge in [0.2, 0.25) is 0 Å². The van der Waals surface area contributed by atoms with Crippen molar-refractivity contribution >= 4 is 29.2 Å². The maximum atomic E-state index is 12.2. The van der Waals surface area contributed by atoms with Crippen molar-refractivity contribution in [3.05, 3.63) is 34.5 Å². The monoisotopic (exact) mass is 341 g/mol. The van der Waals surface area contributed by atoms with Crippen LogP contribution in [-0.2, 0) is 23.8 Å². The van der Waals surface area contributed by atoms with E-state index >= 15 is 0 Å². The van der Waals surface area contributed by atoms with E-state index in [1.54, 1.807) is 18.2 Å². The number of anilines is 1. The maximum Gasteiger partial charge on any atom is 0.355 e. The van der Waals surface area contributed by atoms with E-state index in [1.807, 2.05) is 0 Å². The molecule has 0 saturated heterocycles. The lowest BCUT2D eigenvalue weighted by atomic mass is 10.1. The summed E-state index contributed by atoms with van der Waals surface area (Å²) in [4.78, 5) is 25.6. The molecule has 1 aliphatic heterocycles. The molecule has 8 heteroatoms. The van der Waals surface area contributed by atoms with Gasteiger partial charge in [-0.05, 0) is 12.1 Å². The molecule has 2 rings (SSSR count). The van der Waals surface area contributed by atoms with Crippen molar-refractivity contribution < 1.29 is 28.5 Å². The number of carbonyl (C=O) groups is 2. The number of hydrogen-bond acceptors (Lipinski definition) is 7. The van der Waals surface area contributed by atoms with Crippen LogP contribution >= 0.6 is 11.6 Å². The number of ether oxygens (including phenoxy) is 4. The van der Waals surface area contributed by atoms with Crippen molar-refractivity contribution in [3.63, 3.8) is 0 Å². The number of halogens is 1. The molecule has 1 aliphatic rings. The van der Waals surface area contributed by atoms with Gasteiger partial charge in [0.1, 0.15) is 18.2 Å². The van der Waals surface area contributed by atoms with E-state index in [4.69, 9.17) is 30.5 Å². The fourth-order valence-corrected chi connectivity index (χ4v) is 2.38. The number of hydrogen-bond donors (Lipinski definition) is 0. The van der Waals surface area contributed by atoms with Crippen LogP contribution in [0.2, 0.25) is 5.02 Å². The van der Waals surface area contributed by atoms with Gasteiger partial charge in [0.05, 0.1) is 44.2 Å². The van der Waals surface area contributed by atoms with Crippen LogP contribution in [0, 0.1) is 0 Å². The molecule has 0 radical (unpaired) electrons. The lowest BCUT2D eigenvalue weighted by Crippen LogP contribution is -2.38. The average molecular weight is 342 g/mol. The number of rotatable bonds is 4. The van der Waals surface area contributed by atoms with Gasteiger partial charge in [-0.1, -0.05) is 11.6 Å². The van der Waals surface area contributed by atoms with Gasteiger partial charge in [0.25, 0.3) is 0 Å². The summed E-state index contributed by atoms with van der Waals surface area (Å²) in [6.07, 6.45) is 0. The number of nitrogens with zero attached hydrogens (tertiary/aromatic N) is 1. The normalized spacial score (nSPS) is 14.5. The first-order chi connectivity index (χ1) is 11.0. The summed E-state index contributed by atoms with van der Waals surface area (Å²) in [5, 5.41) is 0.363. The van der Waals surface area contributed by atoms with Crippen LogP contribution in [0.4, 0.5) is 5.69 Å². The van der Waals surface area contributed by atoms with Gasteiger partial charge in [0.15, 0.2) is 0 Å². The topological polar surface area (TPSA) is 74.3 Å². The fraction of sp³-hybridized carbons (Fsp3) is 0.333. The molecule has 7 nitrogen and oxygen atoms in total. The van der Waals surface area contributed by atoms with E-state index in [0.29, 0.717) is 16.5 Å². The average Bonchev–Trinajstić information content (AvgIpc) is 2.60. The third kappa shape index (κ3) is 3.40. The molecule has 0 spiro atoms. The van der Waals surface area contributed by atoms with Crippen molar-refractivity contribution in [1.82, 2.24) is 0 Å². The zero-order valence-electron chi connectivity index (χ0n) is 12.9. The summed E-state index contributed by atoms with van der Waals surface area (Å²) >= 11 is 6.22. The second-order valence-electron chi connectivity index (χ2n) is 4.53. The van der Waals surface area contributed by atoms with E-state index < -0.39 is 11.9 Å². The Hall–Kier alpha value is -2.25. The summed E-state index contributed by atoms with van der Waals surface area (Å²) < 4.78 is 20.0. The van der Waals surface area contributed by atoms with Crippen molar-refractivity contribution in [2.75, 3.05) is 39.6 Å². The van der Waals surface area contributed by atoms with Crippen molar-refractivity contribution in [2.45, 2.75) is 0 Å². The number of carbonyl (C=O) groups excluding carboxylic acids is 2. The Morgan fingerprint density at radius 2 is 1.87 bits per heavy atom. The Labute approximate surface area is 138 Å². The molecule has 0 N–H and O–H groups in total. The Morgan fingerprint density at radius 3 is 2.48 bits per heavy atom. The molecule has 0 saturated carbocycles. The van der Waals surface area contributed by atoms with Crippen LogP contribution in [0.1, 0.15) is 0 Å². The summed E-state index contributed by atoms with van der Waals surface area (Å²) in [7, 11) is 3.96. The Balaban J connectivity index is 2.59. The molecule has 0 aromatic heterocycles. The zero-order chi connectivity index (χ0) is 17.0. The van der Waals surface area contributed by atoms with Crippen LogP contribution in [0.15, 0.2) is 29.5 Å². The van der Waals surface area contributed by atoms with E-state index in [2.05, 4.69) is 0 Å². The highest BCUT2D eigenvalue weighted by Crippen LogP contribution is 2.35. The first kappa shape index (κ1) is 17.1. The molecule has 0 amide bonds. The summed E-state index contributed by atoms with van der Waals surface area (Å²) in [5.41, 5.74) is 0.540. The molecule has 124 valence electrons. The first-order valence-electron chi connectivity index (χ1n) is 6.62. The van der Waals surface area contributed by atoms with E-state index in [1.165, 1.54) is 26.2 Å². The van der Waals surface area contributed by atoms with E-state index in [0.717, 1.165) is 0 Å². The lowest BCUT2D eigenvalue weighted by molar-refractivity contribution is -0.140. The highest BCUT2D eigenvalue weighted by Gasteiger charge is 2.33. The molecule has 1 heterocycles. The predicted molar refractivity (Wildman–Crippen MR) is 82.4 cm³/mol. The molecule has 0 atom stereocenters. The minimum atomic E-state index is -0.687. The van der Waals surface area contributed by atoms with Gasteiger partial charge in [-0.3, -0.25) is 0 Å². The second-order valence-corrected chi connectivity index (χ2v) is 4.94. The molecular weight excluding hydrogens is 326 g/mol. The zero-order valence-corrected chi connectivity index (χ0v) is 13.7. The standard InChI is InChI=1S/C15H16ClNO6/c1-20-9-4-5-11(16)12(6-9)17-8-23-7-10(14(18)21-2)13(17)15(19)22-3/h4-6H,7-8H2,1-3H3. The molecular formula is C15H16ClNO6. The Bertz CT molecular complexity index is 657. The molecule has 0 fully saturated rings. The molecule has 0 aliphatic carbocycles. The summed E-state index contributed by atoms with van der Waals surface area (Å²) in [6.45, 7) is -0.0347. The molecule has 0 unspecified atom stereocenters. The number of esters is 2. The van der Waals surface area contributed by atoms with Gasteiger partial charge >= 0.3 is 11.9 Å². The van der Waals surface area contributed by atoms with Gasteiger partial charge in [-0.25, -0.2) is 9.59 Å². The molecule has 23 heavy (non-hydrogen) atoms. The van der Waals surface area contributed by atoms with Crippen molar-refractivity contribution in [1.29, 1.82) is 0 Å². The molecule has 0 bridgehead atoms. The maximum absolute atomic E-state index is 12.2. The Morgan fingerprint density at radius 1 is 1.17 bits per heavy atom. The third-order valence-electron chi connectivity index (χ3n) is 3.28. The quantitative estimate of drug-likeness (QED) is 0.772. The minimum Gasteiger partial charge on any atom is -0.497 e. The Kier molecular flexibility index (Phi) is 5.46. The SMILES string of the molecule is COC(=O)C1=C(C(=O)OC)N(c2cc(OC)ccc2Cl)COC1. The predicted octanol–water partition coefficient (Wildman–Crippen LogP) is 1.74. The van der Waals surface area contributed by atoms with Gasteiger partial charge < -0.3 is 23.8 Å². The highest BCUT2D eigenvalue weighted by atomic mass is 35.5. The van der Waals surface area contributed by atoms with Gasteiger partial charge in [0, 0.05) is 6.07 Å². The van der Waals surface area contributed by atoms with Crippen molar-refractivity contribution in [2.24, 2.45) is 0 Å². The lowest BCUT2D eigenvalue weighted by Gasteiger charge is -2.31. The van der Waals surface area contributed by atoms with Crippen LogP contribution in [0.3, 0.4) is 0 Å². The van der Waals surface area contributed by atoms with Gasteiger partial charge in [-0.2, -0.15) is 0 Å². The van der Waals surface area contributed by atoms with Gasteiger partial charge in [-0.15, -0.1) is 0 Å². The third-order valence-corrected chi connectivity index (χ3v) is 3.60. The summed E-state index contributed by atoms with van der Waals surface area (Å²) in [5.74, 6) is -0.819. The second kappa shape index (κ2) is 7.34. The fourth-order valence-electron chi connectivity index (χ4n) is 2.16. The smallest absolute Gasteiger partial charge is 0.355 e. The van der Waals surface area contributed by atoms with E-state index in [-0.39, 0.29) is 24.6 Å². The first-order valence-corrected chi connectivity index (χ1v) is 6.99. The van der Waals surface area contributed by atoms with Crippen LogP contribution in [-0.4, -0.2) is 46.6 Å². The molecule has 1 aromatic carbocycles. The van der Waals surface area contributed by atoms with Crippen LogP contribution < -0.4 is 9.64 Å². The number of methoxy groups -OCH3 is 3. The number of benzene rings is 1. The minimum absolute atomic E-state index is 0.0256. The van der Waals surface area contributed by atoms with Crippen molar-refractivity contribution in [3.8, 4) is 5.75 Å².